The Morgan fingerprint density at radius 1 is 1.14 bits per heavy atom. The second kappa shape index (κ2) is 10.4. The molecule has 0 aromatic heterocycles. The molecule has 1 amide bonds. The zero-order valence-electron chi connectivity index (χ0n) is 17.3. The van der Waals surface area contributed by atoms with Gasteiger partial charge in [-0.3, -0.25) is 9.59 Å². The van der Waals surface area contributed by atoms with Crippen LogP contribution in [0.15, 0.2) is 23.1 Å². The van der Waals surface area contributed by atoms with Gasteiger partial charge < -0.3 is 14.4 Å². The summed E-state index contributed by atoms with van der Waals surface area (Å²) in [6.07, 6.45) is 0.0607. The predicted molar refractivity (Wildman–Crippen MR) is 106 cm³/mol. The molecule has 1 aromatic carbocycles. The highest BCUT2D eigenvalue weighted by molar-refractivity contribution is 7.89. The lowest BCUT2D eigenvalue weighted by Gasteiger charge is -2.25. The Balaban J connectivity index is 3.26. The highest BCUT2D eigenvalue weighted by Crippen LogP contribution is 2.26. The molecular weight excluding hydrogens is 384 g/mol. The predicted octanol–water partition coefficient (Wildman–Crippen LogP) is 2.04. The van der Waals surface area contributed by atoms with E-state index in [0.717, 1.165) is 0 Å². The number of nitrogens with zero attached hydrogens (tertiary/aromatic N) is 1. The molecule has 0 saturated carbocycles. The number of hydrogen-bond acceptors (Lipinski definition) is 6. The van der Waals surface area contributed by atoms with Crippen molar-refractivity contribution in [1.29, 1.82) is 0 Å². The molecule has 0 saturated heterocycles. The Labute approximate surface area is 167 Å². The minimum absolute atomic E-state index is 0.0607. The van der Waals surface area contributed by atoms with Crippen LogP contribution < -0.4 is 9.46 Å². The van der Waals surface area contributed by atoms with Crippen molar-refractivity contribution in [2.45, 2.75) is 45.1 Å². The second-order valence-electron chi connectivity index (χ2n) is 7.11. The standard InChI is InChI=1S/C19H30N2O6S/c1-13(2)12-21(10-9-18(22)27-6)19(23)15-7-8-16(26-5)17(11-15)28(24,25)20-14(3)4/h7-8,11,13-14,20H,9-10,12H2,1-6H3. The molecular formula is C19H30N2O6S. The van der Waals surface area contributed by atoms with Crippen molar-refractivity contribution >= 4 is 21.9 Å². The van der Waals surface area contributed by atoms with Gasteiger partial charge >= 0.3 is 5.97 Å². The summed E-state index contributed by atoms with van der Waals surface area (Å²) in [7, 11) is -1.20. The lowest BCUT2D eigenvalue weighted by molar-refractivity contribution is -0.140. The average molecular weight is 415 g/mol. The molecule has 0 bridgehead atoms. The smallest absolute Gasteiger partial charge is 0.307 e. The van der Waals surface area contributed by atoms with Gasteiger partial charge in [0, 0.05) is 24.7 Å². The fraction of sp³-hybridized carbons (Fsp3) is 0.579. The number of benzene rings is 1. The Hall–Kier alpha value is -2.13. The molecule has 0 heterocycles. The molecule has 158 valence electrons. The van der Waals surface area contributed by atoms with E-state index in [1.807, 2.05) is 13.8 Å². The molecule has 0 radical (unpaired) electrons. The van der Waals surface area contributed by atoms with Gasteiger partial charge in [-0.2, -0.15) is 0 Å². The maximum Gasteiger partial charge on any atom is 0.307 e. The first-order valence-electron chi connectivity index (χ1n) is 9.08. The van der Waals surface area contributed by atoms with E-state index in [-0.39, 0.29) is 47.0 Å². The number of rotatable bonds is 10. The largest absolute Gasteiger partial charge is 0.495 e. The number of carbonyl (C=O) groups excluding carboxylic acids is 2. The van der Waals surface area contributed by atoms with E-state index in [9.17, 15) is 18.0 Å². The normalized spacial score (nSPS) is 11.6. The van der Waals surface area contributed by atoms with Gasteiger partial charge in [0.2, 0.25) is 10.0 Å². The first-order valence-corrected chi connectivity index (χ1v) is 10.6. The van der Waals surface area contributed by atoms with Gasteiger partial charge in [-0.1, -0.05) is 13.8 Å². The Kier molecular flexibility index (Phi) is 8.90. The van der Waals surface area contributed by atoms with Gasteiger partial charge in [-0.15, -0.1) is 0 Å². The number of esters is 1. The lowest BCUT2D eigenvalue weighted by Crippen LogP contribution is -2.36. The summed E-state index contributed by atoms with van der Waals surface area (Å²) in [5, 5.41) is 0. The third kappa shape index (κ3) is 6.79. The third-order valence-corrected chi connectivity index (χ3v) is 5.46. The topological polar surface area (TPSA) is 102 Å². The number of carbonyl (C=O) groups is 2. The van der Waals surface area contributed by atoms with E-state index in [1.165, 1.54) is 37.3 Å². The molecule has 0 fully saturated rings. The van der Waals surface area contributed by atoms with Crippen molar-refractivity contribution < 1.29 is 27.5 Å². The van der Waals surface area contributed by atoms with E-state index >= 15 is 0 Å². The number of hydrogen-bond donors (Lipinski definition) is 1. The van der Waals surface area contributed by atoms with Crippen LogP contribution in [0.25, 0.3) is 0 Å². The first kappa shape index (κ1) is 23.9. The Morgan fingerprint density at radius 2 is 1.79 bits per heavy atom. The second-order valence-corrected chi connectivity index (χ2v) is 8.80. The van der Waals surface area contributed by atoms with Crippen molar-refractivity contribution in [2.24, 2.45) is 5.92 Å². The fourth-order valence-electron chi connectivity index (χ4n) is 2.62. The lowest BCUT2D eigenvalue weighted by atomic mass is 10.1. The van der Waals surface area contributed by atoms with Crippen LogP contribution in [-0.2, 0) is 19.6 Å². The minimum Gasteiger partial charge on any atom is -0.495 e. The molecule has 1 rings (SSSR count). The van der Waals surface area contributed by atoms with Crippen molar-refractivity contribution in [3.05, 3.63) is 23.8 Å². The molecule has 0 aliphatic heterocycles. The van der Waals surface area contributed by atoms with E-state index in [1.54, 1.807) is 13.8 Å². The monoisotopic (exact) mass is 414 g/mol. The summed E-state index contributed by atoms with van der Waals surface area (Å²) in [4.78, 5) is 25.9. The van der Waals surface area contributed by atoms with Gasteiger partial charge in [-0.25, -0.2) is 13.1 Å². The molecule has 0 spiro atoms. The van der Waals surface area contributed by atoms with Crippen LogP contribution in [0.5, 0.6) is 5.75 Å². The van der Waals surface area contributed by atoms with Crippen molar-refractivity contribution in [3.63, 3.8) is 0 Å². The first-order chi connectivity index (χ1) is 13.0. The SMILES string of the molecule is COC(=O)CCN(CC(C)C)C(=O)c1ccc(OC)c(S(=O)(=O)NC(C)C)c1. The van der Waals surface area contributed by atoms with E-state index < -0.39 is 16.0 Å². The summed E-state index contributed by atoms with van der Waals surface area (Å²) >= 11 is 0. The van der Waals surface area contributed by atoms with E-state index in [4.69, 9.17) is 4.74 Å². The number of amides is 1. The van der Waals surface area contributed by atoms with Gasteiger partial charge in [0.05, 0.1) is 20.6 Å². The van der Waals surface area contributed by atoms with E-state index in [0.29, 0.717) is 6.54 Å². The van der Waals surface area contributed by atoms with Crippen molar-refractivity contribution in [3.8, 4) is 5.75 Å². The molecule has 0 atom stereocenters. The highest BCUT2D eigenvalue weighted by Gasteiger charge is 2.25. The van der Waals surface area contributed by atoms with Crippen LogP contribution in [0.4, 0.5) is 0 Å². The maximum atomic E-state index is 13.0. The zero-order chi connectivity index (χ0) is 21.5. The summed E-state index contributed by atoms with van der Waals surface area (Å²) in [5.74, 6) is -0.456. The van der Waals surface area contributed by atoms with Crippen LogP contribution in [0, 0.1) is 5.92 Å². The molecule has 28 heavy (non-hydrogen) atoms. The van der Waals surface area contributed by atoms with Crippen molar-refractivity contribution in [2.75, 3.05) is 27.3 Å². The van der Waals surface area contributed by atoms with Gasteiger partial charge in [0.15, 0.2) is 0 Å². The minimum atomic E-state index is -3.86. The average Bonchev–Trinajstić information content (AvgIpc) is 2.62. The van der Waals surface area contributed by atoms with Crippen LogP contribution in [-0.4, -0.2) is 58.5 Å². The highest BCUT2D eigenvalue weighted by atomic mass is 32.2. The van der Waals surface area contributed by atoms with Gasteiger partial charge in [-0.05, 0) is 38.0 Å². The summed E-state index contributed by atoms with van der Waals surface area (Å²) in [6.45, 7) is 7.92. The quantitative estimate of drug-likeness (QED) is 0.588. The van der Waals surface area contributed by atoms with Gasteiger partial charge in [0.1, 0.15) is 10.6 Å². The zero-order valence-corrected chi connectivity index (χ0v) is 18.1. The molecule has 1 aromatic rings. The number of ether oxygens (including phenoxy) is 2. The third-order valence-electron chi connectivity index (χ3n) is 3.78. The van der Waals surface area contributed by atoms with Crippen LogP contribution in [0.1, 0.15) is 44.5 Å². The van der Waals surface area contributed by atoms with Crippen LogP contribution >= 0.6 is 0 Å². The molecule has 0 unspecified atom stereocenters. The summed E-state index contributed by atoms with van der Waals surface area (Å²) in [5.41, 5.74) is 0.204. The summed E-state index contributed by atoms with van der Waals surface area (Å²) < 4.78 is 37.5. The molecule has 0 aliphatic rings. The Morgan fingerprint density at radius 3 is 2.29 bits per heavy atom. The van der Waals surface area contributed by atoms with Crippen molar-refractivity contribution in [1.82, 2.24) is 9.62 Å². The van der Waals surface area contributed by atoms with E-state index in [2.05, 4.69) is 9.46 Å². The Bertz CT molecular complexity index is 790. The maximum absolute atomic E-state index is 13.0. The molecule has 9 heteroatoms. The number of nitrogens with one attached hydrogen (secondary N) is 1. The molecule has 0 aliphatic carbocycles. The molecule has 1 N–H and O–H groups in total. The number of methoxy groups -OCH3 is 2. The number of sulfonamides is 1. The fourth-order valence-corrected chi connectivity index (χ4v) is 4.07. The summed E-state index contributed by atoms with van der Waals surface area (Å²) in [6, 6.07) is 3.96. The molecule has 8 nitrogen and oxygen atoms in total. The van der Waals surface area contributed by atoms with Crippen LogP contribution in [0.3, 0.4) is 0 Å². The van der Waals surface area contributed by atoms with Gasteiger partial charge in [0.25, 0.3) is 5.91 Å². The van der Waals surface area contributed by atoms with Crippen LogP contribution in [0.2, 0.25) is 0 Å².